The lowest BCUT2D eigenvalue weighted by atomic mass is 9.44. The number of aliphatic hydroxyl groups is 1. The number of carbonyl (C=O) groups excluding carboxylic acids is 1. The molecule has 1 N–H and O–H groups in total. The van der Waals surface area contributed by atoms with Crippen molar-refractivity contribution in [1.29, 1.82) is 0 Å². The fourth-order valence-corrected chi connectivity index (χ4v) is 8.11. The number of ketones is 1. The van der Waals surface area contributed by atoms with Crippen LogP contribution in [0.1, 0.15) is 106 Å². The van der Waals surface area contributed by atoms with E-state index in [1.54, 1.807) is 0 Å². The molecule has 0 bridgehead atoms. The lowest BCUT2D eigenvalue weighted by Crippen LogP contribution is -2.53. The van der Waals surface area contributed by atoms with Crippen LogP contribution in [-0.4, -0.2) is 17.5 Å². The summed E-state index contributed by atoms with van der Waals surface area (Å²) in [7, 11) is 0. The highest BCUT2D eigenvalue weighted by atomic mass is 16.3. The van der Waals surface area contributed by atoms with Crippen molar-refractivity contribution in [1.82, 2.24) is 0 Å². The number of hydrogen-bond acceptors (Lipinski definition) is 2. The Morgan fingerprint density at radius 2 is 1.46 bits per heavy atom. The van der Waals surface area contributed by atoms with Crippen LogP contribution in [0.5, 0.6) is 0 Å². The third-order valence-electron chi connectivity index (χ3n) is 9.47. The van der Waals surface area contributed by atoms with Crippen LogP contribution in [0.15, 0.2) is 0 Å². The first-order valence-electron chi connectivity index (χ1n) is 12.5. The van der Waals surface area contributed by atoms with E-state index in [1.165, 1.54) is 51.4 Å². The summed E-state index contributed by atoms with van der Waals surface area (Å²) in [5.41, 5.74) is 0.738. The second-order valence-corrected chi connectivity index (χ2v) is 10.3. The number of fused-ring (bicyclic) bond motifs is 5. The van der Waals surface area contributed by atoms with E-state index in [4.69, 9.17) is 0 Å². The highest BCUT2D eigenvalue weighted by molar-refractivity contribution is 5.83. The molecule has 28 heavy (non-hydrogen) atoms. The number of Topliss-reactive ketones (excluding diaryl/α,β-unsaturated/α-hetero) is 1. The molecule has 0 aromatic heterocycles. The van der Waals surface area contributed by atoms with Gasteiger partial charge >= 0.3 is 0 Å². The second kappa shape index (κ2) is 9.63. The third-order valence-corrected chi connectivity index (χ3v) is 9.47. The van der Waals surface area contributed by atoms with E-state index in [-0.39, 0.29) is 23.7 Å². The number of rotatable bonds is 2. The van der Waals surface area contributed by atoms with Crippen LogP contribution in [0.3, 0.4) is 0 Å². The number of aliphatic hydroxyl groups excluding tert-OH is 1. The minimum atomic E-state index is -0.251. The van der Waals surface area contributed by atoms with Crippen LogP contribution in [0.25, 0.3) is 0 Å². The Bertz CT molecular complexity index is 515. The van der Waals surface area contributed by atoms with Gasteiger partial charge in [0, 0.05) is 5.92 Å². The number of hydrogen-bond donors (Lipinski definition) is 1. The van der Waals surface area contributed by atoms with Gasteiger partial charge in [-0.15, -0.1) is 0 Å². The Balaban J connectivity index is 0.000000660. The Morgan fingerprint density at radius 3 is 2.11 bits per heavy atom. The minimum Gasteiger partial charge on any atom is -0.389 e. The van der Waals surface area contributed by atoms with Gasteiger partial charge in [-0.05, 0) is 91.8 Å². The second-order valence-electron chi connectivity index (χ2n) is 10.3. The molecule has 8 atom stereocenters. The van der Waals surface area contributed by atoms with Gasteiger partial charge in [-0.1, -0.05) is 54.9 Å². The summed E-state index contributed by atoms with van der Waals surface area (Å²) in [4.78, 5) is 12.3. The molecule has 0 aromatic carbocycles. The van der Waals surface area contributed by atoms with E-state index in [0.717, 1.165) is 36.0 Å². The molecule has 4 saturated carbocycles. The SMILES string of the molecule is CC.CC.CC1CCC2(C)C(CCC3C2CCC2(C)C(C(=O)CO)CCC32)C1. The molecule has 0 saturated heterocycles. The van der Waals surface area contributed by atoms with E-state index in [2.05, 4.69) is 20.8 Å². The van der Waals surface area contributed by atoms with Crippen molar-refractivity contribution in [3.8, 4) is 0 Å². The van der Waals surface area contributed by atoms with E-state index >= 15 is 0 Å². The smallest absolute Gasteiger partial charge is 0.161 e. The number of carbonyl (C=O) groups is 1. The van der Waals surface area contributed by atoms with Gasteiger partial charge in [0.2, 0.25) is 0 Å². The molecule has 0 radical (unpaired) electrons. The first-order valence-corrected chi connectivity index (χ1v) is 12.5. The molecule has 0 spiro atoms. The third kappa shape index (κ3) is 3.84. The molecule has 2 nitrogen and oxygen atoms in total. The van der Waals surface area contributed by atoms with Gasteiger partial charge in [0.25, 0.3) is 0 Å². The van der Waals surface area contributed by atoms with Crippen LogP contribution in [0.4, 0.5) is 0 Å². The maximum atomic E-state index is 12.3. The zero-order valence-electron chi connectivity index (χ0n) is 19.9. The summed E-state index contributed by atoms with van der Waals surface area (Å²) >= 11 is 0. The van der Waals surface area contributed by atoms with Crippen molar-refractivity contribution in [3.05, 3.63) is 0 Å². The average molecular weight is 393 g/mol. The standard InChI is InChI=1S/C22H36O2.2C2H6/c1-14-8-10-21(2)15(12-14)4-5-16-17-6-7-19(20(24)13-23)22(17,3)11-9-18(16)21;2*1-2/h14-19,23H,4-13H2,1-3H3;2*1-2H3. The van der Waals surface area contributed by atoms with E-state index in [0.29, 0.717) is 5.41 Å². The molecule has 0 aromatic rings. The van der Waals surface area contributed by atoms with Crippen molar-refractivity contribution in [2.24, 2.45) is 46.3 Å². The molecule has 4 aliphatic carbocycles. The predicted octanol–water partition coefficient (Wildman–Crippen LogP) is 6.90. The summed E-state index contributed by atoms with van der Waals surface area (Å²) in [5, 5.41) is 9.40. The Labute approximate surface area is 175 Å². The molecular formula is C26H48O2. The van der Waals surface area contributed by atoms with Crippen molar-refractivity contribution in [2.75, 3.05) is 6.61 Å². The predicted molar refractivity (Wildman–Crippen MR) is 119 cm³/mol. The topological polar surface area (TPSA) is 37.3 Å². The molecule has 164 valence electrons. The van der Waals surface area contributed by atoms with Crippen LogP contribution in [0.2, 0.25) is 0 Å². The van der Waals surface area contributed by atoms with Gasteiger partial charge in [0.05, 0.1) is 0 Å². The zero-order valence-corrected chi connectivity index (χ0v) is 19.9. The highest BCUT2D eigenvalue weighted by Gasteiger charge is 2.60. The molecule has 0 amide bonds. The lowest BCUT2D eigenvalue weighted by Gasteiger charge is -2.61. The Kier molecular flexibility index (Phi) is 8.22. The normalized spacial score (nSPS) is 46.6. The van der Waals surface area contributed by atoms with Crippen molar-refractivity contribution < 1.29 is 9.90 Å². The maximum Gasteiger partial charge on any atom is 0.161 e. The van der Waals surface area contributed by atoms with Gasteiger partial charge in [-0.3, -0.25) is 4.79 Å². The largest absolute Gasteiger partial charge is 0.389 e. The highest BCUT2D eigenvalue weighted by Crippen LogP contribution is 2.67. The van der Waals surface area contributed by atoms with Gasteiger partial charge < -0.3 is 5.11 Å². The quantitative estimate of drug-likeness (QED) is 0.555. The van der Waals surface area contributed by atoms with Gasteiger partial charge in [-0.2, -0.15) is 0 Å². The minimum absolute atomic E-state index is 0.116. The fraction of sp³-hybridized carbons (Fsp3) is 0.962. The average Bonchev–Trinajstić information content (AvgIpc) is 3.08. The van der Waals surface area contributed by atoms with E-state index in [1.807, 2.05) is 27.7 Å². The lowest BCUT2D eigenvalue weighted by molar-refractivity contribution is -0.138. The summed E-state index contributed by atoms with van der Waals surface area (Å²) in [5.74, 6) is 4.58. The summed E-state index contributed by atoms with van der Waals surface area (Å²) in [6.07, 6.45) is 11.9. The Hall–Kier alpha value is -0.370. The molecule has 4 aliphatic rings. The Morgan fingerprint density at radius 1 is 0.857 bits per heavy atom. The van der Waals surface area contributed by atoms with Crippen molar-refractivity contribution in [3.63, 3.8) is 0 Å². The summed E-state index contributed by atoms with van der Waals surface area (Å²) in [6.45, 7) is 15.2. The first kappa shape index (κ1) is 23.9. The van der Waals surface area contributed by atoms with Crippen molar-refractivity contribution >= 4 is 5.78 Å². The van der Waals surface area contributed by atoms with E-state index in [9.17, 15) is 9.90 Å². The molecule has 0 aliphatic heterocycles. The van der Waals surface area contributed by atoms with Gasteiger partial charge in [0.15, 0.2) is 5.78 Å². The first-order chi connectivity index (χ1) is 13.4. The van der Waals surface area contributed by atoms with E-state index < -0.39 is 0 Å². The van der Waals surface area contributed by atoms with Crippen LogP contribution in [0, 0.1) is 46.3 Å². The summed E-state index contributed by atoms with van der Waals surface area (Å²) < 4.78 is 0. The maximum absolute atomic E-state index is 12.3. The molecular weight excluding hydrogens is 344 g/mol. The summed E-state index contributed by atoms with van der Waals surface area (Å²) in [6, 6.07) is 0. The van der Waals surface area contributed by atoms with Crippen molar-refractivity contribution in [2.45, 2.75) is 106 Å². The van der Waals surface area contributed by atoms with Crippen LogP contribution >= 0.6 is 0 Å². The van der Waals surface area contributed by atoms with Gasteiger partial charge in [0.1, 0.15) is 6.61 Å². The molecule has 0 heterocycles. The monoisotopic (exact) mass is 392 g/mol. The molecule has 4 fully saturated rings. The fourth-order valence-electron chi connectivity index (χ4n) is 8.11. The zero-order chi connectivity index (χ0) is 21.1. The molecule has 2 heteroatoms. The van der Waals surface area contributed by atoms with Gasteiger partial charge in [-0.25, -0.2) is 0 Å². The molecule has 4 rings (SSSR count). The molecule has 8 unspecified atom stereocenters. The van der Waals surface area contributed by atoms with Crippen LogP contribution < -0.4 is 0 Å². The van der Waals surface area contributed by atoms with Crippen LogP contribution in [-0.2, 0) is 4.79 Å².